The Morgan fingerprint density at radius 3 is 1.95 bits per heavy atom. The highest BCUT2D eigenvalue weighted by atomic mass is 16.2. The van der Waals surface area contributed by atoms with E-state index in [1.807, 2.05) is 36.4 Å². The second-order valence-corrected chi connectivity index (χ2v) is 5.11. The molecule has 0 aromatic heterocycles. The number of hydrogen-bond donors (Lipinski definition) is 1. The number of carbonyl (C=O) groups excluding carboxylic acids is 2. The van der Waals surface area contributed by atoms with Crippen LogP contribution >= 0.6 is 0 Å². The van der Waals surface area contributed by atoms with E-state index in [1.165, 1.54) is 0 Å². The van der Waals surface area contributed by atoms with Crippen molar-refractivity contribution in [2.75, 3.05) is 13.1 Å². The number of hydrogen-bond acceptors (Lipinski definition) is 2. The van der Waals surface area contributed by atoms with Crippen molar-refractivity contribution in [1.29, 1.82) is 0 Å². The van der Waals surface area contributed by atoms with Gasteiger partial charge in [0.2, 0.25) is 0 Å². The smallest absolute Gasteiger partial charge is 0.253 e. The van der Waals surface area contributed by atoms with Crippen molar-refractivity contribution in [2.45, 2.75) is 6.04 Å². The van der Waals surface area contributed by atoms with Gasteiger partial charge in [-0.3, -0.25) is 9.59 Å². The largest absolute Gasteiger partial charge is 0.346 e. The van der Waals surface area contributed by atoms with Crippen LogP contribution in [0.1, 0.15) is 20.7 Å². The molecule has 2 aromatic rings. The molecule has 0 bridgehead atoms. The number of benzene rings is 2. The zero-order valence-corrected chi connectivity index (χ0v) is 11.5. The van der Waals surface area contributed by atoms with Gasteiger partial charge >= 0.3 is 0 Å². The standard InChI is InChI=1S/C17H16N2O2/c20-16(13-7-3-1-4-8-13)18-15-11-19(12-15)17(21)14-9-5-2-6-10-14/h1-10,15H,11-12H2,(H,18,20). The Hall–Kier alpha value is -2.62. The molecule has 1 heterocycles. The summed E-state index contributed by atoms with van der Waals surface area (Å²) in [4.78, 5) is 25.9. The zero-order valence-electron chi connectivity index (χ0n) is 11.5. The van der Waals surface area contributed by atoms with Gasteiger partial charge in [-0.05, 0) is 24.3 Å². The maximum Gasteiger partial charge on any atom is 0.253 e. The summed E-state index contributed by atoms with van der Waals surface area (Å²) >= 11 is 0. The molecule has 0 unspecified atom stereocenters. The van der Waals surface area contributed by atoms with Crippen LogP contribution in [0.25, 0.3) is 0 Å². The second kappa shape index (κ2) is 5.79. The zero-order chi connectivity index (χ0) is 14.7. The van der Waals surface area contributed by atoms with Gasteiger partial charge in [-0.1, -0.05) is 36.4 Å². The SMILES string of the molecule is O=C(NC1CN(C(=O)c2ccccc2)C1)c1ccccc1. The van der Waals surface area contributed by atoms with Crippen molar-refractivity contribution < 1.29 is 9.59 Å². The van der Waals surface area contributed by atoms with Gasteiger partial charge in [0.15, 0.2) is 0 Å². The van der Waals surface area contributed by atoms with E-state index in [4.69, 9.17) is 0 Å². The number of nitrogens with one attached hydrogen (secondary N) is 1. The lowest BCUT2D eigenvalue weighted by Gasteiger charge is -2.39. The molecule has 2 amide bonds. The van der Waals surface area contributed by atoms with Gasteiger partial charge < -0.3 is 10.2 Å². The maximum atomic E-state index is 12.1. The Morgan fingerprint density at radius 2 is 1.38 bits per heavy atom. The first-order valence-electron chi connectivity index (χ1n) is 6.94. The van der Waals surface area contributed by atoms with Crippen molar-refractivity contribution >= 4 is 11.8 Å². The molecule has 4 nitrogen and oxygen atoms in total. The van der Waals surface area contributed by atoms with Crippen LogP contribution in [0, 0.1) is 0 Å². The molecule has 3 rings (SSSR count). The van der Waals surface area contributed by atoms with Gasteiger partial charge in [0.1, 0.15) is 0 Å². The lowest BCUT2D eigenvalue weighted by Crippen LogP contribution is -2.60. The average molecular weight is 280 g/mol. The van der Waals surface area contributed by atoms with Gasteiger partial charge in [-0.15, -0.1) is 0 Å². The fourth-order valence-electron chi connectivity index (χ4n) is 2.36. The fourth-order valence-corrected chi connectivity index (χ4v) is 2.36. The summed E-state index contributed by atoms with van der Waals surface area (Å²) in [6.45, 7) is 1.12. The predicted molar refractivity (Wildman–Crippen MR) is 80.0 cm³/mol. The van der Waals surface area contributed by atoms with E-state index in [-0.39, 0.29) is 17.9 Å². The molecule has 0 radical (unpaired) electrons. The minimum Gasteiger partial charge on any atom is -0.346 e. The van der Waals surface area contributed by atoms with Crippen molar-refractivity contribution in [3.63, 3.8) is 0 Å². The Labute approximate surface area is 123 Å². The first-order chi connectivity index (χ1) is 10.2. The summed E-state index contributed by atoms with van der Waals surface area (Å²) in [7, 11) is 0. The van der Waals surface area contributed by atoms with Crippen LogP contribution in [0.2, 0.25) is 0 Å². The minimum absolute atomic E-state index is 0.0146. The van der Waals surface area contributed by atoms with E-state index in [2.05, 4.69) is 5.32 Å². The highest BCUT2D eigenvalue weighted by molar-refractivity contribution is 5.96. The van der Waals surface area contributed by atoms with Gasteiger partial charge in [0.05, 0.1) is 6.04 Å². The molecule has 4 heteroatoms. The molecule has 1 aliphatic rings. The molecule has 1 fully saturated rings. The molecule has 0 atom stereocenters. The van der Waals surface area contributed by atoms with Crippen LogP contribution in [0.4, 0.5) is 0 Å². The average Bonchev–Trinajstić information content (AvgIpc) is 2.51. The molecule has 1 aliphatic heterocycles. The third-order valence-electron chi connectivity index (χ3n) is 3.56. The predicted octanol–water partition coefficient (Wildman–Crippen LogP) is 1.94. The normalized spacial score (nSPS) is 14.4. The minimum atomic E-state index is -0.0904. The van der Waals surface area contributed by atoms with Crippen LogP contribution in [-0.4, -0.2) is 35.8 Å². The fraction of sp³-hybridized carbons (Fsp3) is 0.176. The Kier molecular flexibility index (Phi) is 3.69. The maximum absolute atomic E-state index is 12.1. The lowest BCUT2D eigenvalue weighted by molar-refractivity contribution is 0.0542. The third kappa shape index (κ3) is 2.94. The number of likely N-dealkylation sites (tertiary alicyclic amines) is 1. The number of carbonyl (C=O) groups is 2. The molecule has 0 saturated carbocycles. The van der Waals surface area contributed by atoms with Crippen LogP contribution in [0.5, 0.6) is 0 Å². The summed E-state index contributed by atoms with van der Waals surface area (Å²) in [5, 5.41) is 2.94. The molecule has 0 aliphatic carbocycles. The van der Waals surface area contributed by atoms with Crippen LogP contribution in [0.3, 0.4) is 0 Å². The van der Waals surface area contributed by atoms with E-state index < -0.39 is 0 Å². The van der Waals surface area contributed by atoms with Crippen molar-refractivity contribution in [3.8, 4) is 0 Å². The number of amides is 2. The summed E-state index contributed by atoms with van der Waals surface area (Å²) in [6.07, 6.45) is 0. The number of nitrogens with zero attached hydrogens (tertiary/aromatic N) is 1. The van der Waals surface area contributed by atoms with Gasteiger partial charge in [0, 0.05) is 24.2 Å². The Bertz CT molecular complexity index is 634. The van der Waals surface area contributed by atoms with Crippen LogP contribution in [-0.2, 0) is 0 Å². The van der Waals surface area contributed by atoms with Crippen LogP contribution < -0.4 is 5.32 Å². The third-order valence-corrected chi connectivity index (χ3v) is 3.56. The molecule has 1 saturated heterocycles. The van der Waals surface area contributed by atoms with E-state index in [0.717, 1.165) is 0 Å². The first kappa shape index (κ1) is 13.4. The Morgan fingerprint density at radius 1 is 0.857 bits per heavy atom. The van der Waals surface area contributed by atoms with E-state index in [0.29, 0.717) is 24.2 Å². The molecule has 2 aromatic carbocycles. The van der Waals surface area contributed by atoms with Crippen molar-refractivity contribution in [3.05, 3.63) is 71.8 Å². The van der Waals surface area contributed by atoms with Gasteiger partial charge in [0.25, 0.3) is 11.8 Å². The van der Waals surface area contributed by atoms with E-state index in [9.17, 15) is 9.59 Å². The lowest BCUT2D eigenvalue weighted by atomic mass is 10.1. The first-order valence-corrected chi connectivity index (χ1v) is 6.94. The van der Waals surface area contributed by atoms with Crippen molar-refractivity contribution in [1.82, 2.24) is 10.2 Å². The Balaban J connectivity index is 1.52. The molecule has 106 valence electrons. The van der Waals surface area contributed by atoms with E-state index >= 15 is 0 Å². The second-order valence-electron chi connectivity index (χ2n) is 5.11. The molecule has 21 heavy (non-hydrogen) atoms. The van der Waals surface area contributed by atoms with E-state index in [1.54, 1.807) is 29.2 Å². The monoisotopic (exact) mass is 280 g/mol. The molecule has 1 N–H and O–H groups in total. The van der Waals surface area contributed by atoms with Gasteiger partial charge in [-0.2, -0.15) is 0 Å². The van der Waals surface area contributed by atoms with Crippen LogP contribution in [0.15, 0.2) is 60.7 Å². The molecular weight excluding hydrogens is 264 g/mol. The summed E-state index contributed by atoms with van der Waals surface area (Å²) in [5.74, 6) is -0.0757. The number of rotatable bonds is 3. The summed E-state index contributed by atoms with van der Waals surface area (Å²) < 4.78 is 0. The highest BCUT2D eigenvalue weighted by Gasteiger charge is 2.32. The van der Waals surface area contributed by atoms with Gasteiger partial charge in [-0.25, -0.2) is 0 Å². The highest BCUT2D eigenvalue weighted by Crippen LogP contribution is 2.14. The quantitative estimate of drug-likeness (QED) is 0.934. The summed E-state index contributed by atoms with van der Waals surface area (Å²) in [6, 6.07) is 18.3. The summed E-state index contributed by atoms with van der Waals surface area (Å²) in [5.41, 5.74) is 1.33. The topological polar surface area (TPSA) is 49.4 Å². The molecule has 0 spiro atoms. The molecular formula is C17H16N2O2. The van der Waals surface area contributed by atoms with Crippen molar-refractivity contribution in [2.24, 2.45) is 0 Å².